The minimum absolute atomic E-state index is 0.0181. The maximum absolute atomic E-state index is 12.7. The Balaban J connectivity index is 1.67. The molecule has 0 fully saturated rings. The standard InChI is InChI=1S/C22H23NO5/c1-4-27-19-8-5-16(6-9-19)22(26)28-14(2)21(25)18-7-10-20-17(13-18)11-12-23(20)15(3)24/h5-10,13-14H,4,11-12H2,1-3H3. The Kier molecular flexibility index (Phi) is 5.78. The zero-order chi connectivity index (χ0) is 20.3. The van der Waals surface area contributed by atoms with Gasteiger partial charge in [-0.15, -0.1) is 0 Å². The van der Waals surface area contributed by atoms with Gasteiger partial charge in [-0.3, -0.25) is 9.59 Å². The third kappa shape index (κ3) is 4.06. The van der Waals surface area contributed by atoms with Gasteiger partial charge in [0, 0.05) is 24.7 Å². The first-order valence-corrected chi connectivity index (χ1v) is 9.29. The normalized spacial score (nSPS) is 13.6. The largest absolute Gasteiger partial charge is 0.494 e. The number of carbonyl (C=O) groups excluding carboxylic acids is 3. The fourth-order valence-corrected chi connectivity index (χ4v) is 3.25. The number of esters is 1. The van der Waals surface area contributed by atoms with Crippen LogP contribution in [0, 0.1) is 0 Å². The second-order valence-electron chi connectivity index (χ2n) is 6.63. The quantitative estimate of drug-likeness (QED) is 0.566. The van der Waals surface area contributed by atoms with Gasteiger partial charge in [0.05, 0.1) is 12.2 Å². The van der Waals surface area contributed by atoms with Crippen LogP contribution in [0.2, 0.25) is 0 Å². The van der Waals surface area contributed by atoms with Crippen molar-refractivity contribution in [3.8, 4) is 5.75 Å². The zero-order valence-electron chi connectivity index (χ0n) is 16.2. The Hall–Kier alpha value is -3.15. The summed E-state index contributed by atoms with van der Waals surface area (Å²) in [6.07, 6.45) is -0.210. The molecule has 0 saturated heterocycles. The summed E-state index contributed by atoms with van der Waals surface area (Å²) in [7, 11) is 0. The molecule has 6 nitrogen and oxygen atoms in total. The molecule has 0 spiro atoms. The maximum Gasteiger partial charge on any atom is 0.338 e. The van der Waals surface area contributed by atoms with Crippen molar-refractivity contribution in [2.24, 2.45) is 0 Å². The fraction of sp³-hybridized carbons (Fsp3) is 0.318. The lowest BCUT2D eigenvalue weighted by Gasteiger charge is -2.16. The third-order valence-electron chi connectivity index (χ3n) is 4.69. The number of amides is 1. The minimum Gasteiger partial charge on any atom is -0.494 e. The van der Waals surface area contributed by atoms with Crippen molar-refractivity contribution < 1.29 is 23.9 Å². The first-order valence-electron chi connectivity index (χ1n) is 9.29. The number of ketones is 1. The van der Waals surface area contributed by atoms with E-state index in [0.717, 1.165) is 11.3 Å². The summed E-state index contributed by atoms with van der Waals surface area (Å²) in [5.74, 6) is -0.187. The third-order valence-corrected chi connectivity index (χ3v) is 4.69. The van der Waals surface area contributed by atoms with Gasteiger partial charge in [0.15, 0.2) is 6.10 Å². The summed E-state index contributed by atoms with van der Waals surface area (Å²) in [6.45, 7) is 6.12. The summed E-state index contributed by atoms with van der Waals surface area (Å²) in [6, 6.07) is 11.8. The van der Waals surface area contributed by atoms with E-state index in [2.05, 4.69) is 0 Å². The van der Waals surface area contributed by atoms with E-state index in [0.29, 0.717) is 36.4 Å². The SMILES string of the molecule is CCOc1ccc(C(=O)OC(C)C(=O)c2ccc3c(c2)CCN3C(C)=O)cc1. The topological polar surface area (TPSA) is 72.9 Å². The van der Waals surface area contributed by atoms with Crippen LogP contribution < -0.4 is 9.64 Å². The van der Waals surface area contributed by atoms with Crippen LogP contribution >= 0.6 is 0 Å². The highest BCUT2D eigenvalue weighted by Gasteiger charge is 2.25. The molecule has 0 N–H and O–H groups in total. The van der Waals surface area contributed by atoms with E-state index in [1.54, 1.807) is 54.3 Å². The number of benzene rings is 2. The Morgan fingerprint density at radius 1 is 1.07 bits per heavy atom. The van der Waals surface area contributed by atoms with Crippen molar-refractivity contribution in [1.82, 2.24) is 0 Å². The van der Waals surface area contributed by atoms with Crippen LogP contribution in [-0.4, -0.2) is 36.9 Å². The van der Waals surface area contributed by atoms with Crippen molar-refractivity contribution in [2.45, 2.75) is 33.3 Å². The lowest BCUT2D eigenvalue weighted by Crippen LogP contribution is -2.26. The van der Waals surface area contributed by atoms with Gasteiger partial charge in [0.1, 0.15) is 5.75 Å². The maximum atomic E-state index is 12.7. The molecule has 1 atom stereocenters. The second kappa shape index (κ2) is 8.25. The van der Waals surface area contributed by atoms with Crippen molar-refractivity contribution in [1.29, 1.82) is 0 Å². The number of hydrogen-bond donors (Lipinski definition) is 0. The highest BCUT2D eigenvalue weighted by atomic mass is 16.5. The Labute approximate surface area is 164 Å². The number of anilines is 1. The lowest BCUT2D eigenvalue weighted by molar-refractivity contribution is -0.116. The molecule has 0 bridgehead atoms. The summed E-state index contributed by atoms with van der Waals surface area (Å²) >= 11 is 0. The van der Waals surface area contributed by atoms with Crippen LogP contribution in [0.3, 0.4) is 0 Å². The number of carbonyl (C=O) groups is 3. The predicted octanol–water partition coefficient (Wildman–Crippen LogP) is 3.42. The van der Waals surface area contributed by atoms with E-state index < -0.39 is 12.1 Å². The average molecular weight is 381 g/mol. The molecule has 0 aromatic heterocycles. The number of fused-ring (bicyclic) bond motifs is 1. The molecular formula is C22H23NO5. The van der Waals surface area contributed by atoms with Gasteiger partial charge >= 0.3 is 5.97 Å². The molecule has 146 valence electrons. The summed E-state index contributed by atoms with van der Waals surface area (Å²) < 4.78 is 10.7. The van der Waals surface area contributed by atoms with Gasteiger partial charge in [-0.2, -0.15) is 0 Å². The van der Waals surface area contributed by atoms with Gasteiger partial charge < -0.3 is 14.4 Å². The lowest BCUT2D eigenvalue weighted by atomic mass is 10.0. The van der Waals surface area contributed by atoms with Crippen LogP contribution in [0.1, 0.15) is 47.1 Å². The first-order chi connectivity index (χ1) is 13.4. The van der Waals surface area contributed by atoms with E-state index in [1.165, 1.54) is 6.92 Å². The fourth-order valence-electron chi connectivity index (χ4n) is 3.25. The van der Waals surface area contributed by atoms with E-state index in [9.17, 15) is 14.4 Å². The summed E-state index contributed by atoms with van der Waals surface area (Å²) in [4.78, 5) is 38.3. The van der Waals surface area contributed by atoms with Crippen LogP contribution in [0.5, 0.6) is 5.75 Å². The van der Waals surface area contributed by atoms with Crippen molar-refractivity contribution >= 4 is 23.3 Å². The van der Waals surface area contributed by atoms with Crippen LogP contribution in [-0.2, 0) is 16.0 Å². The summed E-state index contributed by atoms with van der Waals surface area (Å²) in [5.41, 5.74) is 2.61. The molecule has 6 heteroatoms. The first kappa shape index (κ1) is 19.6. The van der Waals surface area contributed by atoms with E-state index >= 15 is 0 Å². The van der Waals surface area contributed by atoms with Gasteiger partial charge in [-0.25, -0.2) is 4.79 Å². The molecule has 1 heterocycles. The molecule has 0 aliphatic carbocycles. The van der Waals surface area contributed by atoms with Gasteiger partial charge in [0.25, 0.3) is 0 Å². The Morgan fingerprint density at radius 3 is 2.39 bits per heavy atom. The Bertz CT molecular complexity index is 904. The number of ether oxygens (including phenoxy) is 2. The highest BCUT2D eigenvalue weighted by Crippen LogP contribution is 2.29. The molecule has 1 unspecified atom stereocenters. The smallest absolute Gasteiger partial charge is 0.338 e. The average Bonchev–Trinajstić information content (AvgIpc) is 3.11. The molecule has 1 aliphatic rings. The predicted molar refractivity (Wildman–Crippen MR) is 105 cm³/mol. The van der Waals surface area contributed by atoms with Gasteiger partial charge in [-0.05, 0) is 68.3 Å². The number of hydrogen-bond acceptors (Lipinski definition) is 5. The number of Topliss-reactive ketones (excluding diaryl/α,β-unsaturated/α-hetero) is 1. The van der Waals surface area contributed by atoms with E-state index in [1.807, 2.05) is 6.92 Å². The van der Waals surface area contributed by atoms with Crippen LogP contribution in [0.4, 0.5) is 5.69 Å². The van der Waals surface area contributed by atoms with Crippen molar-refractivity contribution in [2.75, 3.05) is 18.1 Å². The summed E-state index contributed by atoms with van der Waals surface area (Å²) in [5, 5.41) is 0. The molecule has 0 radical (unpaired) electrons. The molecule has 1 aliphatic heterocycles. The molecule has 3 rings (SSSR count). The van der Waals surface area contributed by atoms with Crippen molar-refractivity contribution in [3.63, 3.8) is 0 Å². The zero-order valence-corrected chi connectivity index (χ0v) is 16.2. The highest BCUT2D eigenvalue weighted by molar-refractivity contribution is 6.02. The van der Waals surface area contributed by atoms with Gasteiger partial charge in [0.2, 0.25) is 11.7 Å². The van der Waals surface area contributed by atoms with Crippen LogP contribution in [0.25, 0.3) is 0 Å². The van der Waals surface area contributed by atoms with E-state index in [-0.39, 0.29) is 11.7 Å². The Morgan fingerprint density at radius 2 is 1.75 bits per heavy atom. The number of rotatable bonds is 6. The van der Waals surface area contributed by atoms with E-state index in [4.69, 9.17) is 9.47 Å². The van der Waals surface area contributed by atoms with Crippen molar-refractivity contribution in [3.05, 3.63) is 59.2 Å². The molecule has 2 aromatic rings. The number of nitrogens with zero attached hydrogens (tertiary/aromatic N) is 1. The molecule has 0 saturated carbocycles. The minimum atomic E-state index is -0.914. The van der Waals surface area contributed by atoms with Crippen LogP contribution in [0.15, 0.2) is 42.5 Å². The molecular weight excluding hydrogens is 358 g/mol. The molecule has 28 heavy (non-hydrogen) atoms. The monoisotopic (exact) mass is 381 g/mol. The second-order valence-corrected chi connectivity index (χ2v) is 6.63. The van der Waals surface area contributed by atoms with Gasteiger partial charge in [-0.1, -0.05) is 0 Å². The molecule has 2 aromatic carbocycles. The molecule has 1 amide bonds.